The number of rotatable bonds is 10. The second-order valence-electron chi connectivity index (χ2n) is 9.05. The molecule has 11 nitrogen and oxygen atoms in total. The summed E-state index contributed by atoms with van der Waals surface area (Å²) >= 11 is 0. The minimum Gasteiger partial charge on any atom is -0.497 e. The first kappa shape index (κ1) is 26.7. The van der Waals surface area contributed by atoms with Crippen LogP contribution >= 0.6 is 0 Å². The molecule has 0 spiro atoms. The summed E-state index contributed by atoms with van der Waals surface area (Å²) in [5, 5.41) is 10.4. The number of hydrogen-bond donors (Lipinski definition) is 2. The van der Waals surface area contributed by atoms with Gasteiger partial charge in [-0.1, -0.05) is 12.1 Å². The zero-order valence-electron chi connectivity index (χ0n) is 22.4. The second-order valence-corrected chi connectivity index (χ2v) is 9.05. The number of carbonyl (C=O) groups is 1. The number of H-pyrrole nitrogens is 1. The summed E-state index contributed by atoms with van der Waals surface area (Å²) in [5.41, 5.74) is 1.59. The van der Waals surface area contributed by atoms with E-state index in [1.54, 1.807) is 70.7 Å². The molecule has 11 heteroatoms. The van der Waals surface area contributed by atoms with Gasteiger partial charge in [0.2, 0.25) is 5.91 Å². The maximum absolute atomic E-state index is 13.6. The van der Waals surface area contributed by atoms with Crippen molar-refractivity contribution in [1.82, 2.24) is 20.5 Å². The summed E-state index contributed by atoms with van der Waals surface area (Å²) in [7, 11) is 4.71. The number of amides is 1. The number of aromatic nitrogens is 3. The number of aryl methyl sites for hydroxylation is 1. The van der Waals surface area contributed by atoms with E-state index in [0.29, 0.717) is 51.4 Å². The van der Waals surface area contributed by atoms with Gasteiger partial charge in [0.1, 0.15) is 46.6 Å². The number of furan rings is 1. The largest absolute Gasteiger partial charge is 0.497 e. The smallest absolute Gasteiger partial charge is 0.347 e. The van der Waals surface area contributed by atoms with E-state index < -0.39 is 11.7 Å². The number of nitrogens with one attached hydrogen (secondary N) is 2. The van der Waals surface area contributed by atoms with Crippen molar-refractivity contribution >= 4 is 16.9 Å². The fourth-order valence-corrected chi connectivity index (χ4v) is 4.47. The van der Waals surface area contributed by atoms with E-state index in [4.69, 9.17) is 23.0 Å². The van der Waals surface area contributed by atoms with Crippen molar-refractivity contribution < 1.29 is 27.8 Å². The van der Waals surface area contributed by atoms with Gasteiger partial charge in [-0.05, 0) is 48.9 Å². The van der Waals surface area contributed by atoms with Gasteiger partial charge in [-0.2, -0.15) is 5.10 Å². The molecule has 0 saturated heterocycles. The van der Waals surface area contributed by atoms with E-state index in [1.807, 2.05) is 12.1 Å². The highest BCUT2D eigenvalue weighted by atomic mass is 16.5. The molecule has 2 aromatic carbocycles. The number of ether oxygens (including phenoxy) is 3. The van der Waals surface area contributed by atoms with Crippen molar-refractivity contribution in [3.63, 3.8) is 0 Å². The lowest BCUT2D eigenvalue weighted by Gasteiger charge is -2.17. The van der Waals surface area contributed by atoms with Gasteiger partial charge in [0.05, 0.1) is 20.6 Å². The lowest BCUT2D eigenvalue weighted by Crippen LogP contribution is -2.31. The van der Waals surface area contributed by atoms with E-state index in [-0.39, 0.29) is 24.3 Å². The molecular weight excluding hydrogens is 516 g/mol. The van der Waals surface area contributed by atoms with Crippen LogP contribution in [0.15, 0.2) is 68.2 Å². The van der Waals surface area contributed by atoms with Crippen LogP contribution < -0.4 is 20.4 Å². The average molecular weight is 545 g/mol. The number of hydrogen-bond acceptors (Lipinski definition) is 9. The molecule has 1 unspecified atom stereocenters. The number of aromatic amines is 1. The van der Waals surface area contributed by atoms with Crippen molar-refractivity contribution in [3.05, 3.63) is 93.6 Å². The molecule has 2 N–H and O–H groups in total. The highest BCUT2D eigenvalue weighted by Gasteiger charge is 2.26. The number of fused-ring (bicyclic) bond motifs is 1. The van der Waals surface area contributed by atoms with E-state index in [1.165, 1.54) is 0 Å². The fraction of sp³-hybridized carbons (Fsp3) is 0.241. The van der Waals surface area contributed by atoms with Crippen molar-refractivity contribution in [2.45, 2.75) is 26.0 Å². The average Bonchev–Trinajstić information content (AvgIpc) is 3.57. The van der Waals surface area contributed by atoms with Crippen molar-refractivity contribution in [1.29, 1.82) is 0 Å². The Morgan fingerprint density at radius 2 is 1.68 bits per heavy atom. The third-order valence-corrected chi connectivity index (χ3v) is 6.36. The summed E-state index contributed by atoms with van der Waals surface area (Å²) in [5.74, 6) is 2.62. The van der Waals surface area contributed by atoms with Crippen molar-refractivity contribution in [3.8, 4) is 22.8 Å². The van der Waals surface area contributed by atoms with Crippen LogP contribution in [0, 0.1) is 6.92 Å². The molecule has 0 fully saturated rings. The molecule has 0 aliphatic heterocycles. The Morgan fingerprint density at radius 3 is 2.33 bits per heavy atom. The molecule has 40 heavy (non-hydrogen) atoms. The monoisotopic (exact) mass is 544 g/mol. The first-order chi connectivity index (χ1) is 19.4. The first-order valence-electron chi connectivity index (χ1n) is 12.4. The van der Waals surface area contributed by atoms with E-state index in [0.717, 1.165) is 5.56 Å². The van der Waals surface area contributed by atoms with Crippen LogP contribution in [0.3, 0.4) is 0 Å². The third-order valence-electron chi connectivity index (χ3n) is 6.36. The Labute approximate surface area is 229 Å². The second kappa shape index (κ2) is 11.5. The predicted molar refractivity (Wildman–Crippen MR) is 145 cm³/mol. The van der Waals surface area contributed by atoms with Crippen LogP contribution in [-0.4, -0.2) is 42.4 Å². The molecule has 1 amide bonds. The van der Waals surface area contributed by atoms with Crippen LogP contribution in [0.25, 0.3) is 22.3 Å². The maximum atomic E-state index is 13.6. The Balaban J connectivity index is 1.52. The fourth-order valence-electron chi connectivity index (χ4n) is 4.47. The lowest BCUT2D eigenvalue weighted by molar-refractivity contribution is -0.121. The van der Waals surface area contributed by atoms with E-state index in [9.17, 15) is 9.59 Å². The number of methoxy groups -OCH3 is 3. The molecule has 1 atom stereocenters. The quantitative estimate of drug-likeness (QED) is 0.266. The molecule has 0 aliphatic carbocycles. The van der Waals surface area contributed by atoms with Crippen LogP contribution in [0.5, 0.6) is 11.5 Å². The van der Waals surface area contributed by atoms with Crippen LogP contribution in [0.4, 0.5) is 0 Å². The number of carbonyl (C=O) groups excluding carboxylic acids is 1. The van der Waals surface area contributed by atoms with Gasteiger partial charge < -0.3 is 28.4 Å². The molecule has 0 aliphatic rings. The molecule has 0 bridgehead atoms. The number of benzene rings is 2. The highest BCUT2D eigenvalue weighted by Crippen LogP contribution is 2.34. The highest BCUT2D eigenvalue weighted by molar-refractivity contribution is 5.92. The van der Waals surface area contributed by atoms with Gasteiger partial charge in [-0.15, -0.1) is 0 Å². The molecule has 5 aromatic rings. The van der Waals surface area contributed by atoms with Gasteiger partial charge in [-0.25, -0.2) is 9.78 Å². The summed E-state index contributed by atoms with van der Waals surface area (Å²) in [6.07, 6.45) is -0.163. The molecule has 5 rings (SSSR count). The maximum Gasteiger partial charge on any atom is 0.347 e. The van der Waals surface area contributed by atoms with Gasteiger partial charge in [0.25, 0.3) is 0 Å². The lowest BCUT2D eigenvalue weighted by atomic mass is 10.0. The molecule has 3 heterocycles. The van der Waals surface area contributed by atoms with Crippen molar-refractivity contribution in [2.24, 2.45) is 0 Å². The Hall–Kier alpha value is -4.90. The molecule has 206 valence electrons. The standard InChI is InChI=1S/C29H28N4O7/c1-16-13-22-25(29(35)39-16)21(27(40-22)18-7-11-20(38-4)12-8-18)14-24(34)31-26(17-5-9-19(37-3)10-6-17)28-30-23(15-36-2)32-33-28/h5-13,26H,14-15H2,1-4H3,(H,31,34)(H,30,32,33). The van der Waals surface area contributed by atoms with Gasteiger partial charge in [-0.3, -0.25) is 9.89 Å². The minimum absolute atomic E-state index is 0.163. The minimum atomic E-state index is -0.693. The number of nitrogens with zero attached hydrogens (tertiary/aromatic N) is 2. The molecule has 0 radical (unpaired) electrons. The summed E-state index contributed by atoms with van der Waals surface area (Å²) in [6.45, 7) is 1.90. The van der Waals surface area contributed by atoms with Crippen molar-refractivity contribution in [2.75, 3.05) is 21.3 Å². The Morgan fingerprint density at radius 1 is 1.00 bits per heavy atom. The zero-order chi connectivity index (χ0) is 28.2. The van der Waals surface area contributed by atoms with Crippen LogP contribution in [0.1, 0.15) is 34.6 Å². The van der Waals surface area contributed by atoms with E-state index >= 15 is 0 Å². The van der Waals surface area contributed by atoms with Crippen LogP contribution in [-0.2, 0) is 22.6 Å². The summed E-state index contributed by atoms with van der Waals surface area (Å²) in [4.78, 5) is 31.0. The SMILES string of the molecule is COCc1nc(C(NC(=O)Cc2c(-c3ccc(OC)cc3)oc3cc(C)oc(=O)c23)c2ccc(OC)cc2)n[nH]1. The first-order valence-corrected chi connectivity index (χ1v) is 12.4. The van der Waals surface area contributed by atoms with Crippen LogP contribution in [0.2, 0.25) is 0 Å². The third kappa shape index (κ3) is 5.45. The molecule has 0 saturated carbocycles. The van der Waals surface area contributed by atoms with E-state index in [2.05, 4.69) is 20.5 Å². The van der Waals surface area contributed by atoms with Gasteiger partial charge in [0, 0.05) is 24.3 Å². The van der Waals surface area contributed by atoms with Gasteiger partial charge in [0.15, 0.2) is 11.6 Å². The zero-order valence-corrected chi connectivity index (χ0v) is 22.4. The van der Waals surface area contributed by atoms with Gasteiger partial charge >= 0.3 is 5.63 Å². The molecule has 3 aromatic heterocycles. The molecular formula is C29H28N4O7. The Bertz CT molecular complexity index is 1680. The summed E-state index contributed by atoms with van der Waals surface area (Å²) < 4.78 is 27.1. The predicted octanol–water partition coefficient (Wildman–Crippen LogP) is 4.09. The normalized spacial score (nSPS) is 11.9. The summed E-state index contributed by atoms with van der Waals surface area (Å²) in [6, 6.07) is 15.3. The Kier molecular flexibility index (Phi) is 7.65. The topological polar surface area (TPSA) is 142 Å².